The van der Waals surface area contributed by atoms with Crippen LogP contribution >= 0.6 is 34.5 Å². The van der Waals surface area contributed by atoms with E-state index in [0.29, 0.717) is 32.6 Å². The lowest BCUT2D eigenvalue weighted by Crippen LogP contribution is -2.17. The Hall–Kier alpha value is -2.21. The second-order valence-corrected chi connectivity index (χ2v) is 7.42. The highest BCUT2D eigenvalue weighted by Gasteiger charge is 2.15. The van der Waals surface area contributed by atoms with Crippen molar-refractivity contribution in [2.45, 2.75) is 13.3 Å². The maximum Gasteiger partial charge on any atom is 0.283 e. The van der Waals surface area contributed by atoms with Gasteiger partial charge in [0.05, 0.1) is 27.0 Å². The van der Waals surface area contributed by atoms with E-state index in [1.165, 1.54) is 17.6 Å². The molecular formula is C19H15Cl2N3OS. The first-order chi connectivity index (χ1) is 12.5. The number of carbonyl (C=O) groups is 1. The van der Waals surface area contributed by atoms with Crippen molar-refractivity contribution in [1.82, 2.24) is 10.4 Å². The van der Waals surface area contributed by atoms with Crippen LogP contribution in [0.3, 0.4) is 0 Å². The molecule has 0 atom stereocenters. The lowest BCUT2D eigenvalue weighted by Gasteiger charge is -2.01. The van der Waals surface area contributed by atoms with Crippen LogP contribution in [-0.2, 0) is 6.42 Å². The van der Waals surface area contributed by atoms with Gasteiger partial charge in [0, 0.05) is 12.0 Å². The van der Waals surface area contributed by atoms with Crippen molar-refractivity contribution in [3.05, 3.63) is 85.3 Å². The third-order valence-electron chi connectivity index (χ3n) is 3.60. The third kappa shape index (κ3) is 4.49. The standard InChI is InChI=1S/C19H15Cl2N3OS/c1-12-18(26-17(23-12)10-13-6-3-2-4-7-13)19(25)24-22-11-14-15(20)8-5-9-16(14)21/h2-9,11H,10H2,1H3,(H,24,25)/b22-11+. The molecule has 1 heterocycles. The molecule has 7 heteroatoms. The molecule has 0 aliphatic rings. The molecule has 0 saturated heterocycles. The molecule has 0 unspecified atom stereocenters. The van der Waals surface area contributed by atoms with Gasteiger partial charge in [-0.15, -0.1) is 11.3 Å². The Bertz CT molecular complexity index is 934. The van der Waals surface area contributed by atoms with Crippen LogP contribution in [-0.4, -0.2) is 17.1 Å². The first kappa shape index (κ1) is 18.6. The molecule has 132 valence electrons. The van der Waals surface area contributed by atoms with Crippen molar-refractivity contribution in [2.75, 3.05) is 0 Å². The van der Waals surface area contributed by atoms with Crippen LogP contribution in [0.15, 0.2) is 53.6 Å². The molecule has 0 aliphatic heterocycles. The molecule has 0 radical (unpaired) electrons. The van der Waals surface area contributed by atoms with Gasteiger partial charge in [0.25, 0.3) is 5.91 Å². The molecule has 0 fully saturated rings. The van der Waals surface area contributed by atoms with Crippen molar-refractivity contribution >= 4 is 46.7 Å². The molecule has 0 aliphatic carbocycles. The van der Waals surface area contributed by atoms with E-state index >= 15 is 0 Å². The second-order valence-electron chi connectivity index (χ2n) is 5.52. The Morgan fingerprint density at radius 3 is 2.54 bits per heavy atom. The fourth-order valence-electron chi connectivity index (χ4n) is 2.35. The number of hydrogen-bond acceptors (Lipinski definition) is 4. The van der Waals surface area contributed by atoms with E-state index in [4.69, 9.17) is 23.2 Å². The summed E-state index contributed by atoms with van der Waals surface area (Å²) in [5.74, 6) is -0.307. The van der Waals surface area contributed by atoms with Crippen LogP contribution in [0.2, 0.25) is 10.0 Å². The number of hydrazone groups is 1. The van der Waals surface area contributed by atoms with Gasteiger partial charge in [0.2, 0.25) is 0 Å². The van der Waals surface area contributed by atoms with E-state index in [2.05, 4.69) is 15.5 Å². The maximum atomic E-state index is 12.4. The maximum absolute atomic E-state index is 12.4. The van der Waals surface area contributed by atoms with Gasteiger partial charge >= 0.3 is 0 Å². The van der Waals surface area contributed by atoms with E-state index in [1.54, 1.807) is 18.2 Å². The largest absolute Gasteiger partial charge is 0.283 e. The van der Waals surface area contributed by atoms with E-state index in [9.17, 15) is 4.79 Å². The predicted molar refractivity (Wildman–Crippen MR) is 108 cm³/mol. The van der Waals surface area contributed by atoms with E-state index in [0.717, 1.165) is 10.6 Å². The Labute approximate surface area is 165 Å². The van der Waals surface area contributed by atoms with E-state index in [1.807, 2.05) is 37.3 Å². The Balaban J connectivity index is 1.69. The summed E-state index contributed by atoms with van der Waals surface area (Å²) in [5.41, 5.74) is 4.90. The van der Waals surface area contributed by atoms with Crippen molar-refractivity contribution in [3.8, 4) is 0 Å². The van der Waals surface area contributed by atoms with Crippen LogP contribution in [0.5, 0.6) is 0 Å². The average molecular weight is 404 g/mol. The number of rotatable bonds is 5. The molecule has 4 nitrogen and oxygen atoms in total. The molecule has 1 N–H and O–H groups in total. The molecule has 26 heavy (non-hydrogen) atoms. The van der Waals surface area contributed by atoms with Crippen LogP contribution in [0.4, 0.5) is 0 Å². The molecule has 1 aromatic heterocycles. The van der Waals surface area contributed by atoms with Gasteiger partial charge in [-0.1, -0.05) is 59.6 Å². The molecule has 2 aromatic carbocycles. The Kier molecular flexibility index (Phi) is 6.04. The Morgan fingerprint density at radius 2 is 1.85 bits per heavy atom. The number of carbonyl (C=O) groups excluding carboxylic acids is 1. The van der Waals surface area contributed by atoms with Gasteiger partial charge < -0.3 is 0 Å². The molecule has 3 rings (SSSR count). The van der Waals surface area contributed by atoms with Gasteiger partial charge in [0.15, 0.2) is 0 Å². The summed E-state index contributed by atoms with van der Waals surface area (Å²) in [5, 5.41) is 5.78. The van der Waals surface area contributed by atoms with Gasteiger partial charge in [-0.2, -0.15) is 5.10 Å². The number of halogens is 2. The molecular weight excluding hydrogens is 389 g/mol. The summed E-state index contributed by atoms with van der Waals surface area (Å²) in [6.07, 6.45) is 2.13. The minimum atomic E-state index is -0.307. The van der Waals surface area contributed by atoms with Gasteiger partial charge in [-0.3, -0.25) is 4.79 Å². The lowest BCUT2D eigenvalue weighted by atomic mass is 10.2. The highest BCUT2D eigenvalue weighted by molar-refractivity contribution is 7.13. The summed E-state index contributed by atoms with van der Waals surface area (Å²) >= 11 is 13.5. The first-order valence-electron chi connectivity index (χ1n) is 7.82. The van der Waals surface area contributed by atoms with Gasteiger partial charge in [0.1, 0.15) is 4.88 Å². The number of nitrogens with one attached hydrogen (secondary N) is 1. The normalized spacial score (nSPS) is 11.0. The van der Waals surface area contributed by atoms with Crippen molar-refractivity contribution < 1.29 is 4.79 Å². The lowest BCUT2D eigenvalue weighted by molar-refractivity contribution is 0.0958. The summed E-state index contributed by atoms with van der Waals surface area (Å²) in [7, 11) is 0. The fraction of sp³-hybridized carbons (Fsp3) is 0.105. The van der Waals surface area contributed by atoms with E-state index in [-0.39, 0.29) is 5.91 Å². The number of amides is 1. The van der Waals surface area contributed by atoms with Gasteiger partial charge in [-0.25, -0.2) is 10.4 Å². The molecule has 0 spiro atoms. The zero-order valence-corrected chi connectivity index (χ0v) is 16.2. The number of hydrogen-bond donors (Lipinski definition) is 1. The fourth-order valence-corrected chi connectivity index (χ4v) is 3.83. The van der Waals surface area contributed by atoms with Crippen LogP contribution in [0.1, 0.15) is 31.5 Å². The molecule has 0 bridgehead atoms. The third-order valence-corrected chi connectivity index (χ3v) is 5.42. The quantitative estimate of drug-likeness (QED) is 0.475. The SMILES string of the molecule is Cc1nc(Cc2ccccc2)sc1C(=O)N/N=C/c1c(Cl)cccc1Cl. The van der Waals surface area contributed by atoms with Crippen LogP contribution in [0.25, 0.3) is 0 Å². The average Bonchev–Trinajstić information content (AvgIpc) is 2.98. The number of aromatic nitrogens is 1. The predicted octanol–water partition coefficient (Wildman–Crippen LogP) is 5.11. The van der Waals surface area contributed by atoms with E-state index < -0.39 is 0 Å². The second kappa shape index (κ2) is 8.45. The van der Waals surface area contributed by atoms with Crippen molar-refractivity contribution in [2.24, 2.45) is 5.10 Å². The first-order valence-corrected chi connectivity index (χ1v) is 9.39. The monoisotopic (exact) mass is 403 g/mol. The minimum Gasteiger partial charge on any atom is -0.266 e. The summed E-state index contributed by atoms with van der Waals surface area (Å²) in [4.78, 5) is 17.4. The summed E-state index contributed by atoms with van der Waals surface area (Å²) in [6.45, 7) is 1.81. The summed E-state index contributed by atoms with van der Waals surface area (Å²) in [6, 6.07) is 15.2. The summed E-state index contributed by atoms with van der Waals surface area (Å²) < 4.78 is 0. The molecule has 3 aromatic rings. The van der Waals surface area contributed by atoms with Crippen LogP contribution in [0, 0.1) is 6.92 Å². The highest BCUT2D eigenvalue weighted by Crippen LogP contribution is 2.23. The molecule has 1 amide bonds. The number of thiazole rings is 1. The smallest absolute Gasteiger partial charge is 0.266 e. The minimum absolute atomic E-state index is 0.307. The topological polar surface area (TPSA) is 54.4 Å². The molecule has 0 saturated carbocycles. The Morgan fingerprint density at radius 1 is 1.15 bits per heavy atom. The zero-order valence-electron chi connectivity index (χ0n) is 13.9. The number of benzene rings is 2. The highest BCUT2D eigenvalue weighted by atomic mass is 35.5. The van der Waals surface area contributed by atoms with Gasteiger partial charge in [-0.05, 0) is 24.6 Å². The number of aryl methyl sites for hydroxylation is 1. The van der Waals surface area contributed by atoms with Crippen molar-refractivity contribution in [3.63, 3.8) is 0 Å². The van der Waals surface area contributed by atoms with Crippen LogP contribution < -0.4 is 5.43 Å². The van der Waals surface area contributed by atoms with Crippen molar-refractivity contribution in [1.29, 1.82) is 0 Å². The number of nitrogens with zero attached hydrogens (tertiary/aromatic N) is 2. The zero-order chi connectivity index (χ0) is 18.5.